The highest BCUT2D eigenvalue weighted by Crippen LogP contribution is 2.33. The number of halogens is 1. The molecule has 26 heavy (non-hydrogen) atoms. The lowest BCUT2D eigenvalue weighted by molar-refractivity contribution is 0.179. The zero-order chi connectivity index (χ0) is 17.8. The largest absolute Gasteiger partial charge is 0.341 e. The predicted molar refractivity (Wildman–Crippen MR) is 100 cm³/mol. The van der Waals surface area contributed by atoms with Crippen LogP contribution in [0, 0.1) is 0 Å². The van der Waals surface area contributed by atoms with Crippen LogP contribution in [0.1, 0.15) is 36.9 Å². The lowest BCUT2D eigenvalue weighted by Crippen LogP contribution is -2.45. The minimum Gasteiger partial charge on any atom is -0.341 e. The normalized spacial score (nSPS) is 21.7. The summed E-state index contributed by atoms with van der Waals surface area (Å²) in [4.78, 5) is 19.1. The van der Waals surface area contributed by atoms with Gasteiger partial charge in [0.2, 0.25) is 0 Å². The van der Waals surface area contributed by atoms with Gasteiger partial charge >= 0.3 is 6.03 Å². The molecule has 0 unspecified atom stereocenters. The zero-order valence-electron chi connectivity index (χ0n) is 14.5. The molecule has 0 saturated carbocycles. The van der Waals surface area contributed by atoms with Crippen molar-refractivity contribution in [1.82, 2.24) is 24.3 Å². The average Bonchev–Trinajstić information content (AvgIpc) is 3.31. The Morgan fingerprint density at radius 2 is 2.23 bits per heavy atom. The van der Waals surface area contributed by atoms with Gasteiger partial charge in [0, 0.05) is 53.1 Å². The van der Waals surface area contributed by atoms with E-state index in [0.717, 1.165) is 40.4 Å². The van der Waals surface area contributed by atoms with Crippen molar-refractivity contribution < 1.29 is 4.79 Å². The van der Waals surface area contributed by atoms with E-state index in [4.69, 9.17) is 11.6 Å². The highest BCUT2D eigenvalue weighted by Gasteiger charge is 2.32. The number of hydrogen-bond donors (Lipinski definition) is 1. The predicted octanol–water partition coefficient (Wildman–Crippen LogP) is 3.72. The summed E-state index contributed by atoms with van der Waals surface area (Å²) in [6.07, 6.45) is 4.67. The van der Waals surface area contributed by atoms with E-state index in [2.05, 4.69) is 38.5 Å². The maximum atomic E-state index is 12.8. The first kappa shape index (κ1) is 15.8. The number of carbonyl (C=O) groups excluding carboxylic acids is 1. The molecule has 7 heteroatoms. The summed E-state index contributed by atoms with van der Waals surface area (Å²) in [6, 6.07) is 8.38. The molecule has 2 aliphatic heterocycles. The second kappa shape index (κ2) is 5.77. The number of rotatable bonds is 1. The molecule has 0 fully saturated rings. The highest BCUT2D eigenvalue weighted by molar-refractivity contribution is 6.35. The topological polar surface area (TPSA) is 55.1 Å². The SMILES string of the molecule is C[C@H]1C[C@@H](NC(=O)N2CCn3c(cc4c(Cl)cccc43)C2)c2nccn21. The van der Waals surface area contributed by atoms with Gasteiger partial charge in [-0.1, -0.05) is 17.7 Å². The number of hydrogen-bond acceptors (Lipinski definition) is 2. The molecule has 1 N–H and O–H groups in total. The molecule has 0 bridgehead atoms. The molecule has 6 nitrogen and oxygen atoms in total. The first-order valence-corrected chi connectivity index (χ1v) is 9.34. The van der Waals surface area contributed by atoms with Crippen LogP contribution in [-0.2, 0) is 13.1 Å². The van der Waals surface area contributed by atoms with Gasteiger partial charge in [-0.15, -0.1) is 0 Å². The van der Waals surface area contributed by atoms with Crippen molar-refractivity contribution in [3.05, 3.63) is 53.2 Å². The third-order valence-electron chi connectivity index (χ3n) is 5.57. The van der Waals surface area contributed by atoms with Crippen LogP contribution in [0.25, 0.3) is 10.9 Å². The van der Waals surface area contributed by atoms with Gasteiger partial charge in [-0.25, -0.2) is 9.78 Å². The third kappa shape index (κ3) is 2.32. The van der Waals surface area contributed by atoms with E-state index in [9.17, 15) is 4.79 Å². The molecular formula is C19H20ClN5O. The van der Waals surface area contributed by atoms with E-state index in [1.807, 2.05) is 23.2 Å². The number of nitrogens with one attached hydrogen (secondary N) is 1. The molecule has 134 valence electrons. The lowest BCUT2D eigenvalue weighted by atomic mass is 10.2. The van der Waals surface area contributed by atoms with E-state index < -0.39 is 0 Å². The van der Waals surface area contributed by atoms with Crippen molar-refractivity contribution in [3.8, 4) is 0 Å². The molecule has 2 aliphatic rings. The van der Waals surface area contributed by atoms with Crippen LogP contribution in [0.4, 0.5) is 4.79 Å². The first-order valence-electron chi connectivity index (χ1n) is 8.96. The van der Waals surface area contributed by atoms with Crippen molar-refractivity contribution in [3.63, 3.8) is 0 Å². The molecule has 2 aromatic heterocycles. The summed E-state index contributed by atoms with van der Waals surface area (Å²) in [7, 11) is 0. The van der Waals surface area contributed by atoms with Gasteiger partial charge < -0.3 is 19.4 Å². The summed E-state index contributed by atoms with van der Waals surface area (Å²) in [5, 5.41) is 4.98. The number of amides is 2. The minimum absolute atomic E-state index is 0.0188. The summed E-state index contributed by atoms with van der Waals surface area (Å²) in [6.45, 7) is 4.21. The van der Waals surface area contributed by atoms with Crippen LogP contribution in [0.5, 0.6) is 0 Å². The van der Waals surface area contributed by atoms with Crippen molar-refractivity contribution in [2.75, 3.05) is 6.54 Å². The Balaban J connectivity index is 1.36. The lowest BCUT2D eigenvalue weighted by Gasteiger charge is -2.30. The molecule has 0 saturated heterocycles. The van der Waals surface area contributed by atoms with Gasteiger partial charge in [-0.3, -0.25) is 0 Å². The highest BCUT2D eigenvalue weighted by atomic mass is 35.5. The van der Waals surface area contributed by atoms with Crippen LogP contribution in [0.2, 0.25) is 5.02 Å². The first-order chi connectivity index (χ1) is 12.6. The van der Waals surface area contributed by atoms with Gasteiger partial charge in [0.15, 0.2) is 0 Å². The fourth-order valence-corrected chi connectivity index (χ4v) is 4.48. The summed E-state index contributed by atoms with van der Waals surface area (Å²) >= 11 is 6.32. The molecule has 1 aromatic carbocycles. The molecule has 2 atom stereocenters. The smallest absolute Gasteiger partial charge is 0.318 e. The zero-order valence-corrected chi connectivity index (χ0v) is 15.3. The minimum atomic E-state index is -0.0266. The number of urea groups is 1. The maximum Gasteiger partial charge on any atom is 0.318 e. The molecule has 4 heterocycles. The van der Waals surface area contributed by atoms with E-state index >= 15 is 0 Å². The summed E-state index contributed by atoms with van der Waals surface area (Å²) in [5.41, 5.74) is 2.26. The summed E-state index contributed by atoms with van der Waals surface area (Å²) in [5.74, 6) is 0.948. The molecule has 0 spiro atoms. The van der Waals surface area contributed by atoms with Crippen LogP contribution in [0.15, 0.2) is 36.7 Å². The quantitative estimate of drug-likeness (QED) is 0.710. The van der Waals surface area contributed by atoms with E-state index in [0.29, 0.717) is 19.1 Å². The Labute approximate surface area is 156 Å². The Morgan fingerprint density at radius 3 is 3.12 bits per heavy atom. The van der Waals surface area contributed by atoms with Crippen molar-refractivity contribution in [1.29, 1.82) is 0 Å². The standard InChI is InChI=1S/C19H20ClN5O/c1-12-9-16(18-21-5-6-24(12)18)22-19(26)23-7-8-25-13(11-23)10-14-15(20)3-2-4-17(14)25/h2-6,10,12,16H,7-9,11H2,1H3,(H,22,26)/t12-,16+/m0/s1. The van der Waals surface area contributed by atoms with Crippen LogP contribution in [0.3, 0.4) is 0 Å². The molecular weight excluding hydrogens is 350 g/mol. The van der Waals surface area contributed by atoms with E-state index in [1.165, 1.54) is 0 Å². The Morgan fingerprint density at radius 1 is 1.35 bits per heavy atom. The van der Waals surface area contributed by atoms with Gasteiger partial charge in [0.25, 0.3) is 0 Å². The Kier molecular flexibility index (Phi) is 3.50. The number of carbonyl (C=O) groups is 1. The molecule has 5 rings (SSSR count). The van der Waals surface area contributed by atoms with Crippen molar-refractivity contribution in [2.45, 2.75) is 38.5 Å². The number of benzene rings is 1. The second-order valence-electron chi connectivity index (χ2n) is 7.16. The van der Waals surface area contributed by atoms with Gasteiger partial charge in [-0.05, 0) is 31.5 Å². The number of fused-ring (bicyclic) bond motifs is 4. The average molecular weight is 370 g/mol. The molecule has 0 radical (unpaired) electrons. The number of imidazole rings is 1. The van der Waals surface area contributed by atoms with Crippen molar-refractivity contribution in [2.24, 2.45) is 0 Å². The van der Waals surface area contributed by atoms with Gasteiger partial charge in [0.1, 0.15) is 5.82 Å². The molecule has 0 aliphatic carbocycles. The fraction of sp³-hybridized carbons (Fsp3) is 0.368. The van der Waals surface area contributed by atoms with E-state index in [-0.39, 0.29) is 12.1 Å². The Bertz CT molecular complexity index is 1010. The second-order valence-corrected chi connectivity index (χ2v) is 7.57. The van der Waals surface area contributed by atoms with Crippen LogP contribution >= 0.6 is 11.6 Å². The monoisotopic (exact) mass is 369 g/mol. The Hall–Kier alpha value is -2.47. The van der Waals surface area contributed by atoms with Gasteiger partial charge in [0.05, 0.1) is 12.6 Å². The van der Waals surface area contributed by atoms with Crippen LogP contribution < -0.4 is 5.32 Å². The third-order valence-corrected chi connectivity index (χ3v) is 5.90. The molecule has 3 aromatic rings. The fourth-order valence-electron chi connectivity index (χ4n) is 4.26. The maximum absolute atomic E-state index is 12.8. The van der Waals surface area contributed by atoms with Crippen LogP contribution in [-0.4, -0.2) is 31.6 Å². The van der Waals surface area contributed by atoms with Crippen molar-refractivity contribution >= 4 is 28.5 Å². The summed E-state index contributed by atoms with van der Waals surface area (Å²) < 4.78 is 4.40. The number of nitrogens with zero attached hydrogens (tertiary/aromatic N) is 4. The number of aromatic nitrogens is 3. The molecule has 2 amide bonds. The van der Waals surface area contributed by atoms with Gasteiger partial charge in [-0.2, -0.15) is 0 Å². The van der Waals surface area contributed by atoms with E-state index in [1.54, 1.807) is 6.20 Å².